The molecule has 3 rings (SSSR count). The molecule has 1 aromatic carbocycles. The maximum absolute atomic E-state index is 11.4. The Morgan fingerprint density at radius 1 is 1.32 bits per heavy atom. The van der Waals surface area contributed by atoms with Gasteiger partial charge in [-0.2, -0.15) is 5.26 Å². The molecule has 7 nitrogen and oxygen atoms in total. The number of nitriles is 1. The van der Waals surface area contributed by atoms with E-state index in [0.29, 0.717) is 40.2 Å². The highest BCUT2D eigenvalue weighted by Gasteiger charge is 2.25. The monoisotopic (exact) mass is 455 g/mol. The third-order valence-corrected chi connectivity index (χ3v) is 7.48. The van der Waals surface area contributed by atoms with Crippen molar-refractivity contribution in [3.63, 3.8) is 0 Å². The number of thioether (sulfide) groups is 1. The number of piperidine rings is 1. The van der Waals surface area contributed by atoms with Crippen molar-refractivity contribution in [2.24, 2.45) is 11.1 Å². The quantitative estimate of drug-likeness (QED) is 0.516. The fourth-order valence-electron chi connectivity index (χ4n) is 3.64. The van der Waals surface area contributed by atoms with Gasteiger partial charge in [0.2, 0.25) is 15.7 Å². The van der Waals surface area contributed by atoms with Crippen molar-refractivity contribution in [1.29, 1.82) is 5.26 Å². The van der Waals surface area contributed by atoms with Gasteiger partial charge in [-0.25, -0.2) is 23.4 Å². The first kappa shape index (κ1) is 23.1. The van der Waals surface area contributed by atoms with Crippen molar-refractivity contribution in [2.75, 3.05) is 18.0 Å². The number of rotatable bonds is 6. The Morgan fingerprint density at radius 3 is 2.48 bits per heavy atom. The van der Waals surface area contributed by atoms with Crippen molar-refractivity contribution in [3.8, 4) is 6.07 Å². The van der Waals surface area contributed by atoms with Gasteiger partial charge in [-0.15, -0.1) is 11.8 Å². The van der Waals surface area contributed by atoms with E-state index in [4.69, 9.17) is 16.7 Å². The lowest BCUT2D eigenvalue weighted by Crippen LogP contribution is -2.33. The largest absolute Gasteiger partial charge is 0.365 e. The average Bonchev–Trinajstić information content (AvgIpc) is 2.76. The highest BCUT2D eigenvalue weighted by molar-refractivity contribution is 7.98. The van der Waals surface area contributed by atoms with Gasteiger partial charge in [-0.05, 0) is 48.4 Å². The summed E-state index contributed by atoms with van der Waals surface area (Å²) in [7, 11) is -3.73. The molecule has 0 radical (unpaired) electrons. The third kappa shape index (κ3) is 5.19. The number of aromatic nitrogens is 1. The standard InChI is InChI=1S/C22H25N5O2S2/c1-4-18-19(13-23)22(30-14-16-5-7-17(8-6-16)31(24,28)29)26-21(20(18)25-3)27-11-9-15(2)10-12-27/h5-8,15H,4,9-12,14H2,1-2H3,(H2,24,28,29). The molecule has 0 bridgehead atoms. The van der Waals surface area contributed by atoms with Crippen LogP contribution in [-0.4, -0.2) is 26.5 Å². The zero-order chi connectivity index (χ0) is 22.6. The molecule has 0 spiro atoms. The molecule has 9 heteroatoms. The molecule has 1 aromatic heterocycles. The highest BCUT2D eigenvalue weighted by atomic mass is 32.2. The summed E-state index contributed by atoms with van der Waals surface area (Å²) in [4.78, 5) is 10.8. The van der Waals surface area contributed by atoms with E-state index >= 15 is 0 Å². The number of primary sulfonamides is 1. The first-order valence-electron chi connectivity index (χ1n) is 10.1. The lowest BCUT2D eigenvalue weighted by atomic mass is 9.98. The molecule has 2 N–H and O–H groups in total. The minimum atomic E-state index is -3.73. The Morgan fingerprint density at radius 2 is 1.97 bits per heavy atom. The number of hydrogen-bond donors (Lipinski definition) is 1. The molecule has 162 valence electrons. The van der Waals surface area contributed by atoms with Crippen LogP contribution in [0.15, 0.2) is 34.2 Å². The molecular weight excluding hydrogens is 430 g/mol. The minimum absolute atomic E-state index is 0.0633. The van der Waals surface area contributed by atoms with Crippen LogP contribution in [0.3, 0.4) is 0 Å². The summed E-state index contributed by atoms with van der Waals surface area (Å²) >= 11 is 1.42. The van der Waals surface area contributed by atoms with Crippen LogP contribution in [0.2, 0.25) is 0 Å². The zero-order valence-corrected chi connectivity index (χ0v) is 19.3. The molecule has 0 amide bonds. The Labute approximate surface area is 188 Å². The third-order valence-electron chi connectivity index (χ3n) is 5.51. The van der Waals surface area contributed by atoms with E-state index in [1.807, 2.05) is 6.92 Å². The second-order valence-corrected chi connectivity index (χ2v) is 10.2. The maximum Gasteiger partial charge on any atom is 0.238 e. The van der Waals surface area contributed by atoms with Gasteiger partial charge in [0.25, 0.3) is 0 Å². The lowest BCUT2D eigenvalue weighted by molar-refractivity contribution is 0.436. The van der Waals surface area contributed by atoms with E-state index in [0.717, 1.165) is 37.1 Å². The number of hydrogen-bond acceptors (Lipinski definition) is 6. The van der Waals surface area contributed by atoms with Gasteiger partial charge in [-0.3, -0.25) is 0 Å². The first-order chi connectivity index (χ1) is 14.8. The van der Waals surface area contributed by atoms with Crippen molar-refractivity contribution >= 4 is 33.3 Å². The molecule has 31 heavy (non-hydrogen) atoms. The predicted molar refractivity (Wildman–Crippen MR) is 123 cm³/mol. The predicted octanol–water partition coefficient (Wildman–Crippen LogP) is 4.24. The normalized spacial score (nSPS) is 14.8. The van der Waals surface area contributed by atoms with E-state index in [1.165, 1.54) is 23.9 Å². The molecule has 1 fully saturated rings. The zero-order valence-electron chi connectivity index (χ0n) is 17.6. The van der Waals surface area contributed by atoms with Gasteiger partial charge < -0.3 is 4.90 Å². The molecule has 0 atom stereocenters. The molecule has 1 saturated heterocycles. The van der Waals surface area contributed by atoms with Gasteiger partial charge in [0.15, 0.2) is 0 Å². The lowest BCUT2D eigenvalue weighted by Gasteiger charge is -2.32. The number of nitrogens with two attached hydrogens (primary N) is 1. The number of nitrogens with zero attached hydrogens (tertiary/aromatic N) is 4. The highest BCUT2D eigenvalue weighted by Crippen LogP contribution is 2.40. The second kappa shape index (κ2) is 9.69. The van der Waals surface area contributed by atoms with Crippen LogP contribution in [-0.2, 0) is 22.2 Å². The summed E-state index contributed by atoms with van der Waals surface area (Å²) in [5.74, 6) is 1.85. The molecule has 0 saturated carbocycles. The number of benzene rings is 1. The Kier molecular flexibility index (Phi) is 7.22. The summed E-state index contributed by atoms with van der Waals surface area (Å²) in [5, 5.41) is 15.6. The van der Waals surface area contributed by atoms with Crippen molar-refractivity contribution in [2.45, 2.75) is 48.8 Å². The second-order valence-electron chi connectivity index (χ2n) is 7.67. The molecule has 2 aromatic rings. The SMILES string of the molecule is [C-]#[N+]c1c(N2CCC(C)CC2)nc(SCc2ccc(S(N)(=O)=O)cc2)c(C#N)c1CC. The van der Waals surface area contributed by atoms with E-state index < -0.39 is 10.0 Å². The molecule has 0 aliphatic carbocycles. The minimum Gasteiger partial charge on any atom is -0.365 e. The average molecular weight is 456 g/mol. The van der Waals surface area contributed by atoms with Gasteiger partial charge in [0.1, 0.15) is 16.9 Å². The summed E-state index contributed by atoms with van der Waals surface area (Å²) in [6.07, 6.45) is 2.69. The fourth-order valence-corrected chi connectivity index (χ4v) is 5.11. The van der Waals surface area contributed by atoms with Gasteiger partial charge in [0, 0.05) is 18.8 Å². The number of anilines is 1. The fraction of sp³-hybridized carbons (Fsp3) is 0.409. The summed E-state index contributed by atoms with van der Waals surface area (Å²) < 4.78 is 22.9. The van der Waals surface area contributed by atoms with Crippen molar-refractivity contribution < 1.29 is 8.42 Å². The van der Waals surface area contributed by atoms with Crippen LogP contribution in [0.25, 0.3) is 4.85 Å². The number of sulfonamides is 1. The van der Waals surface area contributed by atoms with Crippen LogP contribution >= 0.6 is 11.8 Å². The van der Waals surface area contributed by atoms with E-state index in [2.05, 4.69) is 22.7 Å². The van der Waals surface area contributed by atoms with Gasteiger partial charge >= 0.3 is 0 Å². The van der Waals surface area contributed by atoms with Crippen LogP contribution in [0, 0.1) is 23.8 Å². The Balaban J connectivity index is 1.94. The molecule has 1 aliphatic heterocycles. The molecule has 2 heterocycles. The smallest absolute Gasteiger partial charge is 0.238 e. The van der Waals surface area contributed by atoms with E-state index in [-0.39, 0.29) is 4.90 Å². The van der Waals surface area contributed by atoms with Crippen LogP contribution in [0.1, 0.15) is 43.4 Å². The summed E-state index contributed by atoms with van der Waals surface area (Å²) in [5.41, 5.74) is 2.57. The number of pyridine rings is 1. The Bertz CT molecular complexity index is 1140. The Hall–Kier alpha value is -2.59. The topological polar surface area (TPSA) is 104 Å². The molecule has 0 unspecified atom stereocenters. The van der Waals surface area contributed by atoms with Crippen molar-refractivity contribution in [1.82, 2.24) is 4.98 Å². The maximum atomic E-state index is 11.4. The van der Waals surface area contributed by atoms with Crippen LogP contribution in [0.5, 0.6) is 0 Å². The van der Waals surface area contributed by atoms with Gasteiger partial charge in [0.05, 0.1) is 17.0 Å². The first-order valence-corrected chi connectivity index (χ1v) is 12.7. The van der Waals surface area contributed by atoms with Crippen LogP contribution in [0.4, 0.5) is 11.5 Å². The van der Waals surface area contributed by atoms with Crippen LogP contribution < -0.4 is 10.0 Å². The van der Waals surface area contributed by atoms with E-state index in [9.17, 15) is 13.7 Å². The van der Waals surface area contributed by atoms with E-state index in [1.54, 1.807) is 12.1 Å². The van der Waals surface area contributed by atoms with Gasteiger partial charge in [-0.1, -0.05) is 26.0 Å². The van der Waals surface area contributed by atoms with Crippen molar-refractivity contribution in [3.05, 3.63) is 52.4 Å². The summed E-state index contributed by atoms with van der Waals surface area (Å²) in [6.45, 7) is 13.6. The summed E-state index contributed by atoms with van der Waals surface area (Å²) in [6, 6.07) is 8.62. The molecular formula is C22H25N5O2S2. The molecule has 1 aliphatic rings.